The van der Waals surface area contributed by atoms with Crippen LogP contribution in [0.3, 0.4) is 0 Å². The van der Waals surface area contributed by atoms with Crippen LogP contribution in [0.25, 0.3) is 0 Å². The smallest absolute Gasteiger partial charge is 0.319 e. The lowest BCUT2D eigenvalue weighted by Crippen LogP contribution is -2.38. The molecule has 0 spiro atoms. The number of anilines is 2. The van der Waals surface area contributed by atoms with Crippen molar-refractivity contribution in [3.63, 3.8) is 0 Å². The highest BCUT2D eigenvalue weighted by atomic mass is 16.5. The molecule has 1 aromatic carbocycles. The van der Waals surface area contributed by atoms with Crippen molar-refractivity contribution in [1.82, 2.24) is 10.6 Å². The summed E-state index contributed by atoms with van der Waals surface area (Å²) in [6, 6.07) is 4.12. The summed E-state index contributed by atoms with van der Waals surface area (Å²) in [7, 11) is 0. The number of hydrogen-bond acceptors (Lipinski definition) is 6. The zero-order chi connectivity index (χ0) is 24.8. The second kappa shape index (κ2) is 15.4. The quantitative estimate of drug-likeness (QED) is 0.247. The average molecular weight is 469 g/mol. The van der Waals surface area contributed by atoms with Crippen LogP contribution in [-0.2, 0) is 9.47 Å². The molecule has 0 unspecified atom stereocenters. The number of aliphatic hydroxyl groups is 2. The Labute approximate surface area is 196 Å². The SMILES string of the molecule is Cc1ccc(NC(=O)NC[C@@H](O)COCC(C)C)cc1NC(=O)NC[C@@H](O)COCC(C)C. The van der Waals surface area contributed by atoms with E-state index in [-0.39, 0.29) is 26.3 Å². The standard InChI is InChI=1S/C23H40N4O6/c1-15(2)11-32-13-19(28)9-24-22(30)26-18-7-6-17(5)21(8-18)27-23(31)25-10-20(29)14-33-12-16(3)4/h6-8,15-16,19-20,28-29H,9-14H2,1-5H3,(H2,24,26,30)(H2,25,27,31)/t19-,20-/m1/s1. The van der Waals surface area contributed by atoms with Gasteiger partial charge in [-0.15, -0.1) is 0 Å². The number of rotatable bonds is 14. The Bertz CT molecular complexity index is 729. The Hall–Kier alpha value is -2.40. The van der Waals surface area contributed by atoms with Crippen LogP contribution in [0.4, 0.5) is 21.0 Å². The number of carbonyl (C=O) groups excluding carboxylic acids is 2. The van der Waals surface area contributed by atoms with Crippen LogP contribution in [0.1, 0.15) is 33.3 Å². The second-order valence-corrected chi connectivity index (χ2v) is 8.87. The van der Waals surface area contributed by atoms with E-state index in [0.717, 1.165) is 5.56 Å². The number of aryl methyl sites for hydroxylation is 1. The molecule has 0 aliphatic carbocycles. The summed E-state index contributed by atoms with van der Waals surface area (Å²) in [6.45, 7) is 11.3. The van der Waals surface area contributed by atoms with Crippen molar-refractivity contribution in [1.29, 1.82) is 0 Å². The van der Waals surface area contributed by atoms with Gasteiger partial charge in [-0.1, -0.05) is 33.8 Å². The van der Waals surface area contributed by atoms with Gasteiger partial charge in [0.15, 0.2) is 0 Å². The van der Waals surface area contributed by atoms with E-state index in [4.69, 9.17) is 9.47 Å². The molecule has 10 nitrogen and oxygen atoms in total. The van der Waals surface area contributed by atoms with Crippen LogP contribution in [0.5, 0.6) is 0 Å². The third-order valence-corrected chi connectivity index (χ3v) is 4.26. The van der Waals surface area contributed by atoms with Gasteiger partial charge in [-0.2, -0.15) is 0 Å². The summed E-state index contributed by atoms with van der Waals surface area (Å²) >= 11 is 0. The molecular weight excluding hydrogens is 428 g/mol. The van der Waals surface area contributed by atoms with Crippen molar-refractivity contribution in [3.05, 3.63) is 23.8 Å². The highest BCUT2D eigenvalue weighted by Gasteiger charge is 2.11. The minimum atomic E-state index is -0.807. The Morgan fingerprint density at radius 3 is 1.79 bits per heavy atom. The Morgan fingerprint density at radius 1 is 0.818 bits per heavy atom. The van der Waals surface area contributed by atoms with Gasteiger partial charge in [0.1, 0.15) is 0 Å². The summed E-state index contributed by atoms with van der Waals surface area (Å²) in [6.07, 6.45) is -1.61. The van der Waals surface area contributed by atoms with E-state index in [1.165, 1.54) is 0 Å². The first-order chi connectivity index (χ1) is 15.6. The third kappa shape index (κ3) is 13.7. The Morgan fingerprint density at radius 2 is 1.30 bits per heavy atom. The molecule has 0 radical (unpaired) electrons. The van der Waals surface area contributed by atoms with Crippen molar-refractivity contribution in [2.45, 2.75) is 46.8 Å². The van der Waals surface area contributed by atoms with E-state index in [9.17, 15) is 19.8 Å². The maximum absolute atomic E-state index is 12.2. The van der Waals surface area contributed by atoms with Gasteiger partial charge in [0.25, 0.3) is 0 Å². The van der Waals surface area contributed by atoms with Crippen LogP contribution >= 0.6 is 0 Å². The topological polar surface area (TPSA) is 141 Å². The maximum atomic E-state index is 12.2. The van der Waals surface area contributed by atoms with Crippen molar-refractivity contribution in [2.24, 2.45) is 11.8 Å². The second-order valence-electron chi connectivity index (χ2n) is 8.87. The first-order valence-corrected chi connectivity index (χ1v) is 11.3. The minimum absolute atomic E-state index is 0.0481. The van der Waals surface area contributed by atoms with Crippen LogP contribution in [0, 0.1) is 18.8 Å². The maximum Gasteiger partial charge on any atom is 0.319 e. The molecule has 2 atom stereocenters. The van der Waals surface area contributed by atoms with Crippen LogP contribution in [0.2, 0.25) is 0 Å². The monoisotopic (exact) mass is 468 g/mol. The van der Waals surface area contributed by atoms with Crippen molar-refractivity contribution < 1.29 is 29.3 Å². The summed E-state index contributed by atoms with van der Waals surface area (Å²) < 4.78 is 10.7. The molecule has 0 aromatic heterocycles. The lowest BCUT2D eigenvalue weighted by Gasteiger charge is -2.16. The number of benzene rings is 1. The van der Waals surface area contributed by atoms with E-state index >= 15 is 0 Å². The van der Waals surface area contributed by atoms with Gasteiger partial charge in [-0.3, -0.25) is 0 Å². The molecule has 10 heteroatoms. The largest absolute Gasteiger partial charge is 0.389 e. The Kier molecular flexibility index (Phi) is 13.4. The summed E-state index contributed by atoms with van der Waals surface area (Å²) in [5.74, 6) is 0.738. The van der Waals surface area contributed by atoms with Crippen molar-refractivity contribution in [3.8, 4) is 0 Å². The molecule has 4 amide bonds. The molecule has 33 heavy (non-hydrogen) atoms. The van der Waals surface area contributed by atoms with Gasteiger partial charge in [0.2, 0.25) is 0 Å². The predicted molar refractivity (Wildman–Crippen MR) is 129 cm³/mol. The van der Waals surface area contributed by atoms with E-state index in [1.54, 1.807) is 18.2 Å². The summed E-state index contributed by atoms with van der Waals surface area (Å²) in [5, 5.41) is 30.3. The van der Waals surface area contributed by atoms with Gasteiger partial charge in [-0.25, -0.2) is 9.59 Å². The molecule has 0 saturated heterocycles. The summed E-state index contributed by atoms with van der Waals surface area (Å²) in [4.78, 5) is 24.3. The van der Waals surface area contributed by atoms with Gasteiger partial charge < -0.3 is 41.0 Å². The molecule has 0 heterocycles. The van der Waals surface area contributed by atoms with Gasteiger partial charge >= 0.3 is 12.1 Å². The molecule has 0 bridgehead atoms. The van der Waals surface area contributed by atoms with Crippen LogP contribution in [-0.4, -0.2) is 74.0 Å². The van der Waals surface area contributed by atoms with Crippen LogP contribution < -0.4 is 21.3 Å². The highest BCUT2D eigenvalue weighted by molar-refractivity contribution is 5.93. The normalized spacial score (nSPS) is 13.0. The molecule has 0 saturated carbocycles. The van der Waals surface area contributed by atoms with E-state index in [0.29, 0.717) is 36.4 Å². The fourth-order valence-electron chi connectivity index (χ4n) is 2.59. The molecule has 0 aliphatic heterocycles. The molecule has 188 valence electrons. The van der Waals surface area contributed by atoms with Crippen LogP contribution in [0.15, 0.2) is 18.2 Å². The van der Waals surface area contributed by atoms with Gasteiger partial charge in [0, 0.05) is 37.7 Å². The fourth-order valence-corrected chi connectivity index (χ4v) is 2.59. The summed E-state index contributed by atoms with van der Waals surface area (Å²) in [5.41, 5.74) is 1.79. The number of ether oxygens (including phenoxy) is 2. The average Bonchev–Trinajstić information content (AvgIpc) is 2.72. The van der Waals surface area contributed by atoms with E-state index < -0.39 is 24.3 Å². The zero-order valence-electron chi connectivity index (χ0n) is 20.3. The zero-order valence-corrected chi connectivity index (χ0v) is 20.3. The van der Waals surface area contributed by atoms with E-state index in [2.05, 4.69) is 21.3 Å². The lowest BCUT2D eigenvalue weighted by molar-refractivity contribution is 0.0274. The van der Waals surface area contributed by atoms with Gasteiger partial charge in [-0.05, 0) is 36.5 Å². The fraction of sp³-hybridized carbons (Fsp3) is 0.652. The minimum Gasteiger partial charge on any atom is -0.389 e. The Balaban J connectivity index is 2.44. The van der Waals surface area contributed by atoms with Crippen molar-refractivity contribution >= 4 is 23.4 Å². The molecule has 1 rings (SSSR count). The predicted octanol–water partition coefficient (Wildman–Crippen LogP) is 2.31. The molecule has 0 aliphatic rings. The molecule has 0 fully saturated rings. The number of aliphatic hydroxyl groups excluding tert-OH is 2. The number of carbonyl (C=O) groups is 2. The number of nitrogens with one attached hydrogen (secondary N) is 4. The number of urea groups is 2. The highest BCUT2D eigenvalue weighted by Crippen LogP contribution is 2.20. The van der Waals surface area contributed by atoms with Gasteiger partial charge in [0.05, 0.1) is 25.4 Å². The molecule has 6 N–H and O–H groups in total. The molecule has 1 aromatic rings. The first-order valence-electron chi connectivity index (χ1n) is 11.3. The third-order valence-electron chi connectivity index (χ3n) is 4.26. The molecular formula is C23H40N4O6. The number of hydrogen-bond donors (Lipinski definition) is 6. The first kappa shape index (κ1) is 28.6. The van der Waals surface area contributed by atoms with E-state index in [1.807, 2.05) is 34.6 Å². The van der Waals surface area contributed by atoms with Crippen molar-refractivity contribution in [2.75, 3.05) is 50.2 Å². The lowest BCUT2D eigenvalue weighted by atomic mass is 10.2. The number of amides is 4.